The van der Waals surface area contributed by atoms with E-state index in [4.69, 9.17) is 0 Å². The second-order valence-electron chi connectivity index (χ2n) is 6.44. The van der Waals surface area contributed by atoms with Crippen LogP contribution in [0.2, 0.25) is 0 Å². The highest BCUT2D eigenvalue weighted by Gasteiger charge is 2.08. The van der Waals surface area contributed by atoms with Gasteiger partial charge in [-0.3, -0.25) is 0 Å². The van der Waals surface area contributed by atoms with E-state index in [0.29, 0.717) is 0 Å². The van der Waals surface area contributed by atoms with Crippen molar-refractivity contribution >= 4 is 35.2 Å². The fourth-order valence-electron chi connectivity index (χ4n) is 3.20. The molecule has 1 aromatic heterocycles. The molecule has 4 aromatic rings. The number of aromatic amines is 1. The van der Waals surface area contributed by atoms with Crippen molar-refractivity contribution in [1.29, 1.82) is 0 Å². The molecule has 0 bridgehead atoms. The number of rotatable bonds is 4. The normalized spacial score (nSPS) is 11.7. The van der Waals surface area contributed by atoms with Crippen LogP contribution < -0.4 is 0 Å². The number of hydrogen-bond acceptors (Lipinski definition) is 0. The Hall–Kier alpha value is -3.32. The van der Waals surface area contributed by atoms with Crippen molar-refractivity contribution < 1.29 is 0 Å². The Morgan fingerprint density at radius 3 is 1.88 bits per heavy atom. The van der Waals surface area contributed by atoms with Gasteiger partial charge in [-0.05, 0) is 29.7 Å². The van der Waals surface area contributed by atoms with Gasteiger partial charge in [-0.25, -0.2) is 0 Å². The molecule has 0 radical (unpaired) electrons. The van der Waals surface area contributed by atoms with Gasteiger partial charge in [0.2, 0.25) is 0 Å². The van der Waals surface area contributed by atoms with Crippen LogP contribution in [0.5, 0.6) is 0 Å². The zero-order valence-corrected chi connectivity index (χ0v) is 14.8. The van der Waals surface area contributed by atoms with Crippen molar-refractivity contribution in [2.24, 2.45) is 0 Å². The monoisotopic (exact) mass is 335 g/mol. The van der Waals surface area contributed by atoms with E-state index in [0.717, 1.165) is 5.69 Å². The van der Waals surface area contributed by atoms with Gasteiger partial charge >= 0.3 is 0 Å². The van der Waals surface area contributed by atoms with E-state index in [1.807, 2.05) is 12.1 Å². The Labute approximate surface area is 154 Å². The van der Waals surface area contributed by atoms with Gasteiger partial charge in [-0.1, -0.05) is 97.1 Å². The first-order valence-corrected chi connectivity index (χ1v) is 8.89. The molecule has 0 atom stereocenters. The van der Waals surface area contributed by atoms with E-state index in [1.54, 1.807) is 0 Å². The van der Waals surface area contributed by atoms with Gasteiger partial charge in [0.15, 0.2) is 0 Å². The van der Waals surface area contributed by atoms with Gasteiger partial charge in [0, 0.05) is 22.2 Å². The first kappa shape index (κ1) is 16.2. The molecule has 1 heteroatoms. The van der Waals surface area contributed by atoms with Crippen molar-refractivity contribution in [2.75, 3.05) is 0 Å². The Morgan fingerprint density at radius 1 is 0.615 bits per heavy atom. The molecular formula is C25H21N. The molecule has 4 rings (SSSR count). The molecule has 0 saturated heterocycles. The van der Waals surface area contributed by atoms with Gasteiger partial charge in [0.25, 0.3) is 0 Å². The van der Waals surface area contributed by atoms with Crippen LogP contribution >= 0.6 is 0 Å². The second-order valence-corrected chi connectivity index (χ2v) is 6.44. The topological polar surface area (TPSA) is 15.8 Å². The third-order valence-electron chi connectivity index (χ3n) is 4.60. The summed E-state index contributed by atoms with van der Waals surface area (Å²) in [5.74, 6) is 0. The fourth-order valence-corrected chi connectivity index (χ4v) is 3.20. The average molecular weight is 335 g/mol. The van der Waals surface area contributed by atoms with E-state index < -0.39 is 0 Å². The predicted molar refractivity (Wildman–Crippen MR) is 114 cm³/mol. The maximum Gasteiger partial charge on any atom is 0.0494 e. The number of H-pyrrole nitrogens is 1. The van der Waals surface area contributed by atoms with Crippen molar-refractivity contribution in [3.8, 4) is 0 Å². The molecule has 1 N–H and O–H groups in total. The summed E-state index contributed by atoms with van der Waals surface area (Å²) in [5.41, 5.74) is 7.21. The first-order valence-electron chi connectivity index (χ1n) is 8.89. The van der Waals surface area contributed by atoms with Crippen LogP contribution in [0.1, 0.15) is 27.9 Å². The molecule has 0 fully saturated rings. The molecule has 3 aromatic carbocycles. The van der Waals surface area contributed by atoms with Gasteiger partial charge in [-0.15, -0.1) is 0 Å². The van der Waals surface area contributed by atoms with E-state index in [1.165, 1.54) is 33.2 Å². The molecule has 126 valence electrons. The Bertz CT molecular complexity index is 1070. The maximum atomic E-state index is 3.60. The highest BCUT2D eigenvalue weighted by Crippen LogP contribution is 2.28. The zero-order chi connectivity index (χ0) is 17.8. The largest absolute Gasteiger partial charge is 0.354 e. The summed E-state index contributed by atoms with van der Waals surface area (Å²) in [6, 6.07) is 27.3. The highest BCUT2D eigenvalue weighted by atomic mass is 14.7. The highest BCUT2D eigenvalue weighted by molar-refractivity contribution is 5.97. The number of para-hydroxylation sites is 1. The Balaban J connectivity index is 1.80. The number of aromatic nitrogens is 1. The molecule has 1 heterocycles. The van der Waals surface area contributed by atoms with Gasteiger partial charge in [0.05, 0.1) is 0 Å². The predicted octanol–water partition coefficient (Wildman–Crippen LogP) is 6.82. The minimum Gasteiger partial charge on any atom is -0.354 e. The fraction of sp³-hybridized carbons (Fsp3) is 0.0400. The minimum atomic E-state index is 1.13. The molecule has 0 aliphatic carbocycles. The van der Waals surface area contributed by atoms with Crippen LogP contribution in [0.4, 0.5) is 0 Å². The van der Waals surface area contributed by atoms with Crippen LogP contribution in [0.25, 0.3) is 35.2 Å². The third kappa shape index (κ3) is 3.38. The molecule has 0 unspecified atom stereocenters. The van der Waals surface area contributed by atoms with Crippen molar-refractivity contribution in [3.05, 3.63) is 107 Å². The van der Waals surface area contributed by atoms with Crippen LogP contribution in [-0.4, -0.2) is 4.98 Å². The number of fused-ring (bicyclic) bond motifs is 1. The van der Waals surface area contributed by atoms with E-state index >= 15 is 0 Å². The number of nitrogens with one attached hydrogen (secondary N) is 1. The number of benzene rings is 3. The molecular weight excluding hydrogens is 314 g/mol. The van der Waals surface area contributed by atoms with Crippen LogP contribution in [-0.2, 0) is 0 Å². The quantitative estimate of drug-likeness (QED) is 0.421. The summed E-state index contributed by atoms with van der Waals surface area (Å²) < 4.78 is 0. The summed E-state index contributed by atoms with van der Waals surface area (Å²) >= 11 is 0. The molecule has 0 saturated carbocycles. The van der Waals surface area contributed by atoms with Gasteiger partial charge < -0.3 is 4.98 Å². The van der Waals surface area contributed by atoms with Crippen molar-refractivity contribution in [1.82, 2.24) is 4.98 Å². The van der Waals surface area contributed by atoms with Crippen molar-refractivity contribution in [2.45, 2.75) is 6.92 Å². The maximum absolute atomic E-state index is 3.60. The lowest BCUT2D eigenvalue weighted by molar-refractivity contribution is 1.39. The van der Waals surface area contributed by atoms with E-state index in [-0.39, 0.29) is 0 Å². The van der Waals surface area contributed by atoms with Crippen molar-refractivity contribution in [3.63, 3.8) is 0 Å². The molecule has 26 heavy (non-hydrogen) atoms. The van der Waals surface area contributed by atoms with Gasteiger partial charge in [0.1, 0.15) is 0 Å². The first-order chi connectivity index (χ1) is 12.8. The van der Waals surface area contributed by atoms with E-state index in [2.05, 4.69) is 103 Å². The Kier molecular flexibility index (Phi) is 4.53. The Morgan fingerprint density at radius 2 is 1.23 bits per heavy atom. The minimum absolute atomic E-state index is 1.13. The molecule has 0 spiro atoms. The number of hydrogen-bond donors (Lipinski definition) is 1. The smallest absolute Gasteiger partial charge is 0.0494 e. The lowest BCUT2D eigenvalue weighted by Gasteiger charge is -1.97. The average Bonchev–Trinajstić information content (AvgIpc) is 3.05. The molecule has 0 amide bonds. The van der Waals surface area contributed by atoms with Gasteiger partial charge in [-0.2, -0.15) is 0 Å². The molecule has 0 aliphatic heterocycles. The molecule has 0 aliphatic rings. The second kappa shape index (κ2) is 7.28. The number of aryl methyl sites for hydroxylation is 1. The van der Waals surface area contributed by atoms with Crippen LogP contribution in [0.15, 0.2) is 78.9 Å². The summed E-state index contributed by atoms with van der Waals surface area (Å²) in [7, 11) is 0. The third-order valence-corrected chi connectivity index (χ3v) is 4.60. The van der Waals surface area contributed by atoms with Crippen LogP contribution in [0, 0.1) is 6.92 Å². The summed E-state index contributed by atoms with van der Waals surface area (Å²) in [6.07, 6.45) is 8.70. The summed E-state index contributed by atoms with van der Waals surface area (Å²) in [5, 5.41) is 1.25. The lowest BCUT2D eigenvalue weighted by Crippen LogP contribution is -1.77. The zero-order valence-electron chi connectivity index (χ0n) is 14.8. The molecule has 1 nitrogen and oxygen atoms in total. The standard InChI is InChI=1S/C25H21N/c1-19-9-8-14-23-22(17-15-20-10-4-2-5-11-20)24(26-25(19)23)18-16-21-12-6-3-7-13-21/h2-18,26H,1H3/b17-15+,18-16+. The van der Waals surface area contributed by atoms with E-state index in [9.17, 15) is 0 Å². The summed E-state index contributed by atoms with van der Waals surface area (Å²) in [4.78, 5) is 3.60. The SMILES string of the molecule is Cc1cccc2c(/C=C/c3ccccc3)c(/C=C/c3ccccc3)[nH]c12. The summed E-state index contributed by atoms with van der Waals surface area (Å²) in [6.45, 7) is 2.15. The lowest BCUT2D eigenvalue weighted by atomic mass is 10.1. The van der Waals surface area contributed by atoms with Crippen LogP contribution in [0.3, 0.4) is 0 Å².